The van der Waals surface area contributed by atoms with E-state index in [0.29, 0.717) is 22.5 Å². The average molecular weight is 362 g/mol. The lowest BCUT2D eigenvalue weighted by Crippen LogP contribution is -2.24. The molecule has 0 radical (unpaired) electrons. The van der Waals surface area contributed by atoms with E-state index < -0.39 is 0 Å². The highest BCUT2D eigenvalue weighted by Gasteiger charge is 2.12. The Labute approximate surface area is 148 Å². The predicted octanol–water partition coefficient (Wildman–Crippen LogP) is 2.80. The molecule has 6 nitrogen and oxygen atoms in total. The zero-order chi connectivity index (χ0) is 17.1. The third-order valence-electron chi connectivity index (χ3n) is 3.40. The molecule has 2 heterocycles. The van der Waals surface area contributed by atoms with Gasteiger partial charge in [0.2, 0.25) is 5.91 Å². The summed E-state index contributed by atoms with van der Waals surface area (Å²) in [7, 11) is 0. The van der Waals surface area contributed by atoms with Gasteiger partial charge in [-0.2, -0.15) is 0 Å². The number of nitrogens with zero attached hydrogens (tertiary/aromatic N) is 4. The molecule has 3 rings (SSSR count). The summed E-state index contributed by atoms with van der Waals surface area (Å²) in [6, 6.07) is 9.34. The van der Waals surface area contributed by atoms with Gasteiger partial charge in [0, 0.05) is 23.0 Å². The van der Waals surface area contributed by atoms with Gasteiger partial charge in [-0.05, 0) is 37.6 Å². The number of thioether (sulfide) groups is 1. The Balaban J connectivity index is 1.59. The molecule has 0 fully saturated rings. The van der Waals surface area contributed by atoms with Crippen molar-refractivity contribution in [3.05, 3.63) is 52.3 Å². The first kappa shape index (κ1) is 16.7. The molecular weight excluding hydrogens is 346 g/mol. The highest BCUT2D eigenvalue weighted by molar-refractivity contribution is 7.99. The van der Waals surface area contributed by atoms with Crippen molar-refractivity contribution in [2.75, 3.05) is 5.75 Å². The minimum atomic E-state index is -0.0653. The van der Waals surface area contributed by atoms with Crippen LogP contribution in [0, 0.1) is 13.8 Å². The highest BCUT2D eigenvalue weighted by Crippen LogP contribution is 2.18. The molecule has 1 aromatic carbocycles. The van der Waals surface area contributed by atoms with Gasteiger partial charge in [-0.15, -0.1) is 10.2 Å². The van der Waals surface area contributed by atoms with Crippen LogP contribution in [0.15, 0.2) is 35.5 Å². The molecule has 8 heteroatoms. The minimum Gasteiger partial charge on any atom is -0.351 e. The second-order valence-electron chi connectivity index (χ2n) is 5.35. The molecule has 0 atom stereocenters. The van der Waals surface area contributed by atoms with Crippen molar-refractivity contribution in [2.45, 2.75) is 25.5 Å². The third kappa shape index (κ3) is 3.85. The number of carbonyl (C=O) groups is 1. The monoisotopic (exact) mass is 361 g/mol. The van der Waals surface area contributed by atoms with E-state index in [1.165, 1.54) is 11.8 Å². The fraction of sp³-hybridized carbons (Fsp3) is 0.250. The molecule has 0 saturated heterocycles. The summed E-state index contributed by atoms with van der Waals surface area (Å²) < 4.78 is 1.85. The molecule has 3 aromatic rings. The molecular formula is C16H16ClN5OS. The van der Waals surface area contributed by atoms with Gasteiger partial charge in [0.25, 0.3) is 5.78 Å². The smallest absolute Gasteiger partial charge is 0.256 e. The second kappa shape index (κ2) is 7.19. The summed E-state index contributed by atoms with van der Waals surface area (Å²) in [5.74, 6) is 0.753. The van der Waals surface area contributed by atoms with Crippen molar-refractivity contribution >= 4 is 35.0 Å². The fourth-order valence-corrected chi connectivity index (χ4v) is 3.22. The molecule has 124 valence electrons. The molecule has 1 amide bonds. The summed E-state index contributed by atoms with van der Waals surface area (Å²) >= 11 is 7.18. The number of carbonyl (C=O) groups excluding carboxylic acids is 1. The van der Waals surface area contributed by atoms with Crippen molar-refractivity contribution < 1.29 is 4.79 Å². The fourth-order valence-electron chi connectivity index (χ4n) is 2.28. The predicted molar refractivity (Wildman–Crippen MR) is 94.3 cm³/mol. The molecule has 24 heavy (non-hydrogen) atoms. The Kier molecular flexibility index (Phi) is 5.01. The molecule has 1 N–H and O–H groups in total. The minimum absolute atomic E-state index is 0.0653. The van der Waals surface area contributed by atoms with Gasteiger partial charge < -0.3 is 5.32 Å². The molecule has 0 spiro atoms. The molecule has 0 aliphatic carbocycles. The quantitative estimate of drug-likeness (QED) is 0.707. The SMILES string of the molecule is Cc1cc(C)n2c(SCC(=O)NCc3ccc(Cl)cc3)nnc2n1. The summed E-state index contributed by atoms with van der Waals surface area (Å²) in [4.78, 5) is 16.4. The van der Waals surface area contributed by atoms with E-state index in [9.17, 15) is 4.79 Å². The van der Waals surface area contributed by atoms with Gasteiger partial charge in [0.15, 0.2) is 5.16 Å². The van der Waals surface area contributed by atoms with Crippen LogP contribution in [0.4, 0.5) is 0 Å². The zero-order valence-corrected chi connectivity index (χ0v) is 14.9. The molecule has 0 aliphatic rings. The Morgan fingerprint density at radius 3 is 2.75 bits per heavy atom. The first-order valence-electron chi connectivity index (χ1n) is 7.36. The summed E-state index contributed by atoms with van der Waals surface area (Å²) in [5, 5.41) is 12.4. The summed E-state index contributed by atoms with van der Waals surface area (Å²) in [5.41, 5.74) is 2.89. The largest absolute Gasteiger partial charge is 0.351 e. The van der Waals surface area contributed by atoms with Crippen LogP contribution < -0.4 is 5.32 Å². The number of benzene rings is 1. The first-order chi connectivity index (χ1) is 11.5. The van der Waals surface area contributed by atoms with Crippen molar-refractivity contribution in [1.82, 2.24) is 24.9 Å². The number of hydrogen-bond donors (Lipinski definition) is 1. The second-order valence-corrected chi connectivity index (χ2v) is 6.73. The van der Waals surface area contributed by atoms with E-state index in [4.69, 9.17) is 11.6 Å². The van der Waals surface area contributed by atoms with E-state index in [0.717, 1.165) is 17.0 Å². The number of hydrogen-bond acceptors (Lipinski definition) is 5. The van der Waals surface area contributed by atoms with E-state index in [-0.39, 0.29) is 11.7 Å². The van der Waals surface area contributed by atoms with E-state index in [2.05, 4.69) is 20.5 Å². The summed E-state index contributed by atoms with van der Waals surface area (Å²) in [6.45, 7) is 4.35. The third-order valence-corrected chi connectivity index (χ3v) is 4.58. The van der Waals surface area contributed by atoms with Crippen molar-refractivity contribution in [3.63, 3.8) is 0 Å². The number of nitrogens with one attached hydrogen (secondary N) is 1. The number of rotatable bonds is 5. The van der Waals surface area contributed by atoms with Crippen LogP contribution in [0.3, 0.4) is 0 Å². The van der Waals surface area contributed by atoms with Crippen molar-refractivity contribution in [1.29, 1.82) is 0 Å². The Morgan fingerprint density at radius 1 is 1.25 bits per heavy atom. The van der Waals surface area contributed by atoms with E-state index in [1.54, 1.807) is 12.1 Å². The molecule has 0 aliphatic heterocycles. The van der Waals surface area contributed by atoms with Crippen molar-refractivity contribution in [3.8, 4) is 0 Å². The normalized spacial score (nSPS) is 11.0. The Morgan fingerprint density at radius 2 is 2.00 bits per heavy atom. The number of aryl methyl sites for hydroxylation is 2. The zero-order valence-electron chi connectivity index (χ0n) is 13.3. The van der Waals surface area contributed by atoms with Gasteiger partial charge in [-0.1, -0.05) is 35.5 Å². The maximum atomic E-state index is 12.0. The first-order valence-corrected chi connectivity index (χ1v) is 8.72. The van der Waals surface area contributed by atoms with Crippen molar-refractivity contribution in [2.24, 2.45) is 0 Å². The standard InChI is InChI=1S/C16H16ClN5OS/c1-10-7-11(2)22-15(19-10)20-21-16(22)24-9-14(23)18-8-12-3-5-13(17)6-4-12/h3-7H,8-9H2,1-2H3,(H,18,23). The van der Waals surface area contributed by atoms with Crippen LogP contribution >= 0.6 is 23.4 Å². The van der Waals surface area contributed by atoms with Gasteiger partial charge in [0.05, 0.1) is 5.75 Å². The lowest BCUT2D eigenvalue weighted by atomic mass is 10.2. The van der Waals surface area contributed by atoms with Gasteiger partial charge in [0.1, 0.15) is 0 Å². The lowest BCUT2D eigenvalue weighted by molar-refractivity contribution is -0.118. The van der Waals surface area contributed by atoms with Crippen LogP contribution in [0.25, 0.3) is 5.78 Å². The maximum absolute atomic E-state index is 12.0. The van der Waals surface area contributed by atoms with Gasteiger partial charge >= 0.3 is 0 Å². The average Bonchev–Trinajstić information content (AvgIpc) is 2.95. The molecule has 2 aromatic heterocycles. The molecule has 0 bridgehead atoms. The number of amides is 1. The molecule has 0 saturated carbocycles. The molecule has 0 unspecified atom stereocenters. The number of fused-ring (bicyclic) bond motifs is 1. The highest BCUT2D eigenvalue weighted by atomic mass is 35.5. The van der Waals surface area contributed by atoms with Gasteiger partial charge in [-0.3, -0.25) is 9.20 Å². The lowest BCUT2D eigenvalue weighted by Gasteiger charge is -2.06. The van der Waals surface area contributed by atoms with Crippen LogP contribution in [0.1, 0.15) is 17.0 Å². The van der Waals surface area contributed by atoms with Crippen LogP contribution in [-0.2, 0) is 11.3 Å². The maximum Gasteiger partial charge on any atom is 0.256 e. The number of aromatic nitrogens is 4. The van der Waals surface area contributed by atoms with E-state index >= 15 is 0 Å². The van der Waals surface area contributed by atoms with Crippen LogP contribution in [0.2, 0.25) is 5.02 Å². The van der Waals surface area contributed by atoms with E-state index in [1.807, 2.05) is 36.4 Å². The van der Waals surface area contributed by atoms with Crippen LogP contribution in [0.5, 0.6) is 0 Å². The van der Waals surface area contributed by atoms with Gasteiger partial charge in [-0.25, -0.2) is 4.98 Å². The topological polar surface area (TPSA) is 72.2 Å². The number of halogens is 1. The Bertz CT molecular complexity index is 878. The Hall–Kier alpha value is -2.12. The van der Waals surface area contributed by atoms with Crippen LogP contribution in [-0.4, -0.2) is 31.2 Å². The summed E-state index contributed by atoms with van der Waals surface area (Å²) in [6.07, 6.45) is 0.